The summed E-state index contributed by atoms with van der Waals surface area (Å²) in [6.45, 7) is 1.48. The van der Waals surface area contributed by atoms with Crippen LogP contribution in [-0.4, -0.2) is 15.5 Å². The molecular formula is C19H13F2N2O4-. The molecule has 3 aromatic rings. The van der Waals surface area contributed by atoms with Crippen LogP contribution in [-0.2, 0) is 6.61 Å². The molecule has 6 nitrogen and oxygen atoms in total. The van der Waals surface area contributed by atoms with Gasteiger partial charge in [0.25, 0.3) is 5.56 Å². The molecule has 1 heterocycles. The van der Waals surface area contributed by atoms with Crippen LogP contribution in [0.2, 0.25) is 0 Å². The Kier molecular flexibility index (Phi) is 4.98. The van der Waals surface area contributed by atoms with E-state index >= 15 is 0 Å². The van der Waals surface area contributed by atoms with Gasteiger partial charge < -0.3 is 14.6 Å². The van der Waals surface area contributed by atoms with Crippen LogP contribution >= 0.6 is 0 Å². The number of aryl methyl sites for hydroxylation is 1. The number of rotatable bonds is 5. The zero-order valence-electron chi connectivity index (χ0n) is 14.1. The van der Waals surface area contributed by atoms with Gasteiger partial charge in [-0.15, -0.1) is 0 Å². The van der Waals surface area contributed by atoms with Crippen molar-refractivity contribution in [1.29, 1.82) is 0 Å². The number of nitrogens with zero attached hydrogens (tertiary/aromatic N) is 2. The van der Waals surface area contributed by atoms with Crippen LogP contribution in [0.5, 0.6) is 5.88 Å². The van der Waals surface area contributed by atoms with E-state index in [2.05, 4.69) is 4.98 Å². The minimum absolute atomic E-state index is 0.0475. The van der Waals surface area contributed by atoms with Crippen molar-refractivity contribution in [3.05, 3.63) is 87.5 Å². The molecule has 2 aromatic carbocycles. The Morgan fingerprint density at radius 1 is 1.19 bits per heavy atom. The van der Waals surface area contributed by atoms with E-state index in [1.54, 1.807) is 13.0 Å². The number of carboxylic acids is 1. The smallest absolute Gasteiger partial charge is 0.261 e. The molecule has 0 N–H and O–H groups in total. The van der Waals surface area contributed by atoms with E-state index in [4.69, 9.17) is 4.74 Å². The van der Waals surface area contributed by atoms with Gasteiger partial charge >= 0.3 is 0 Å². The zero-order valence-corrected chi connectivity index (χ0v) is 14.1. The summed E-state index contributed by atoms with van der Waals surface area (Å²) in [7, 11) is 0. The summed E-state index contributed by atoms with van der Waals surface area (Å²) < 4.78 is 33.0. The van der Waals surface area contributed by atoms with Crippen molar-refractivity contribution in [1.82, 2.24) is 9.55 Å². The fraction of sp³-hybridized carbons (Fsp3) is 0.105. The topological polar surface area (TPSA) is 84.2 Å². The normalized spacial score (nSPS) is 10.6. The SMILES string of the molecule is Cc1ccc(C(=O)[O-])cc1-n1cnc(OCc2ccc(F)cc2F)cc1=O. The third-order valence-electron chi connectivity index (χ3n) is 3.88. The lowest BCUT2D eigenvalue weighted by molar-refractivity contribution is -0.255. The van der Waals surface area contributed by atoms with E-state index in [0.29, 0.717) is 11.3 Å². The number of hydrogen-bond acceptors (Lipinski definition) is 5. The molecule has 27 heavy (non-hydrogen) atoms. The fourth-order valence-electron chi connectivity index (χ4n) is 2.43. The molecule has 138 valence electrons. The standard InChI is InChI=1S/C19H14F2N2O4/c1-11-2-3-12(19(25)26)6-16(11)23-10-22-17(8-18(23)24)27-9-13-4-5-14(20)7-15(13)21/h2-8,10H,9H2,1H3,(H,25,26)/p-1. The second kappa shape index (κ2) is 7.36. The van der Waals surface area contributed by atoms with Gasteiger partial charge in [-0.1, -0.05) is 12.1 Å². The molecule has 0 saturated heterocycles. The Morgan fingerprint density at radius 2 is 1.96 bits per heavy atom. The molecule has 0 aliphatic heterocycles. The largest absolute Gasteiger partial charge is 0.545 e. The summed E-state index contributed by atoms with van der Waals surface area (Å²) in [5.41, 5.74) is 0.518. The summed E-state index contributed by atoms with van der Waals surface area (Å²) in [6.07, 6.45) is 1.18. The Hall–Kier alpha value is -3.55. The summed E-state index contributed by atoms with van der Waals surface area (Å²) in [5.74, 6) is -2.88. The first-order valence-electron chi connectivity index (χ1n) is 7.83. The lowest BCUT2D eigenvalue weighted by Gasteiger charge is -2.12. The fourth-order valence-corrected chi connectivity index (χ4v) is 2.43. The number of ether oxygens (including phenoxy) is 1. The zero-order chi connectivity index (χ0) is 19.6. The third kappa shape index (κ3) is 4.00. The Balaban J connectivity index is 1.85. The molecule has 1 aromatic heterocycles. The summed E-state index contributed by atoms with van der Waals surface area (Å²) in [5, 5.41) is 11.0. The average molecular weight is 371 g/mol. The van der Waals surface area contributed by atoms with Crippen LogP contribution in [0.25, 0.3) is 5.69 Å². The van der Waals surface area contributed by atoms with Crippen molar-refractivity contribution in [2.75, 3.05) is 0 Å². The molecule has 0 atom stereocenters. The molecule has 0 saturated carbocycles. The van der Waals surface area contributed by atoms with Gasteiger partial charge in [0.15, 0.2) is 0 Å². The second-order valence-electron chi connectivity index (χ2n) is 5.75. The minimum Gasteiger partial charge on any atom is -0.545 e. The lowest BCUT2D eigenvalue weighted by atomic mass is 10.1. The summed E-state index contributed by atoms with van der Waals surface area (Å²) in [6, 6.07) is 8.39. The first-order chi connectivity index (χ1) is 12.8. The third-order valence-corrected chi connectivity index (χ3v) is 3.88. The molecule has 0 unspecified atom stereocenters. The molecule has 0 amide bonds. The highest BCUT2D eigenvalue weighted by Gasteiger charge is 2.09. The molecule has 0 fully saturated rings. The highest BCUT2D eigenvalue weighted by Crippen LogP contribution is 2.16. The Labute approximate surface area is 152 Å². The van der Waals surface area contributed by atoms with Crippen LogP contribution in [0.3, 0.4) is 0 Å². The van der Waals surface area contributed by atoms with Gasteiger partial charge in [-0.05, 0) is 36.2 Å². The molecule has 3 rings (SSSR count). The average Bonchev–Trinajstić information content (AvgIpc) is 2.61. The quantitative estimate of drug-likeness (QED) is 0.682. The van der Waals surface area contributed by atoms with E-state index in [0.717, 1.165) is 22.8 Å². The maximum absolute atomic E-state index is 13.6. The molecular weight excluding hydrogens is 358 g/mol. The number of halogens is 2. The molecule has 8 heteroatoms. The van der Waals surface area contributed by atoms with Gasteiger partial charge in [-0.2, -0.15) is 0 Å². The number of benzene rings is 2. The second-order valence-corrected chi connectivity index (χ2v) is 5.75. The first kappa shape index (κ1) is 18.2. The van der Waals surface area contributed by atoms with E-state index in [1.165, 1.54) is 24.5 Å². The van der Waals surface area contributed by atoms with Gasteiger partial charge in [-0.25, -0.2) is 13.8 Å². The van der Waals surface area contributed by atoms with Crippen molar-refractivity contribution < 1.29 is 23.4 Å². The van der Waals surface area contributed by atoms with E-state index in [-0.39, 0.29) is 23.6 Å². The summed E-state index contributed by atoms with van der Waals surface area (Å²) in [4.78, 5) is 27.3. The minimum atomic E-state index is -1.36. The van der Waals surface area contributed by atoms with Crippen LogP contribution in [0.4, 0.5) is 8.78 Å². The molecule has 0 aliphatic carbocycles. The van der Waals surface area contributed by atoms with Crippen molar-refractivity contribution in [2.24, 2.45) is 0 Å². The first-order valence-corrected chi connectivity index (χ1v) is 7.83. The number of carboxylic acid groups (broad SMARTS) is 1. The van der Waals surface area contributed by atoms with Crippen LogP contribution in [0, 0.1) is 18.6 Å². The molecule has 0 aliphatic rings. The number of carbonyl (C=O) groups is 1. The van der Waals surface area contributed by atoms with Crippen molar-refractivity contribution in [3.63, 3.8) is 0 Å². The number of aromatic nitrogens is 2. The predicted molar refractivity (Wildman–Crippen MR) is 89.6 cm³/mol. The monoisotopic (exact) mass is 371 g/mol. The number of aromatic carboxylic acids is 1. The molecule has 0 bridgehead atoms. The highest BCUT2D eigenvalue weighted by molar-refractivity contribution is 5.86. The maximum Gasteiger partial charge on any atom is 0.261 e. The van der Waals surface area contributed by atoms with Crippen molar-refractivity contribution in [2.45, 2.75) is 13.5 Å². The van der Waals surface area contributed by atoms with Gasteiger partial charge in [0.05, 0.1) is 17.7 Å². The van der Waals surface area contributed by atoms with Gasteiger partial charge in [0.2, 0.25) is 5.88 Å². The number of hydrogen-bond donors (Lipinski definition) is 0. The molecule has 0 spiro atoms. The van der Waals surface area contributed by atoms with Gasteiger partial charge in [0, 0.05) is 11.6 Å². The van der Waals surface area contributed by atoms with Crippen molar-refractivity contribution >= 4 is 5.97 Å². The lowest BCUT2D eigenvalue weighted by Crippen LogP contribution is -2.24. The van der Waals surface area contributed by atoms with Crippen LogP contribution in [0.15, 0.2) is 53.6 Å². The maximum atomic E-state index is 13.6. The van der Waals surface area contributed by atoms with Gasteiger partial charge in [0.1, 0.15) is 24.6 Å². The predicted octanol–water partition coefficient (Wildman–Crippen LogP) is 1.76. The summed E-state index contributed by atoms with van der Waals surface area (Å²) >= 11 is 0. The van der Waals surface area contributed by atoms with E-state index < -0.39 is 23.2 Å². The Morgan fingerprint density at radius 3 is 2.63 bits per heavy atom. The number of carbonyl (C=O) groups excluding carboxylic acids is 1. The Bertz CT molecular complexity index is 1080. The highest BCUT2D eigenvalue weighted by atomic mass is 19.1. The van der Waals surface area contributed by atoms with Crippen LogP contribution < -0.4 is 15.4 Å². The van der Waals surface area contributed by atoms with E-state index in [1.807, 2.05) is 0 Å². The van der Waals surface area contributed by atoms with E-state index in [9.17, 15) is 23.5 Å². The van der Waals surface area contributed by atoms with Crippen LogP contribution in [0.1, 0.15) is 21.5 Å². The van der Waals surface area contributed by atoms with Crippen molar-refractivity contribution in [3.8, 4) is 11.6 Å². The molecule has 0 radical (unpaired) electrons. The van der Waals surface area contributed by atoms with Gasteiger partial charge in [-0.3, -0.25) is 9.36 Å².